The molecule has 0 aromatic rings. The van der Waals surface area contributed by atoms with E-state index in [1.165, 1.54) is 20.8 Å². The monoisotopic (exact) mass is 458 g/mol. The predicted octanol–water partition coefficient (Wildman–Crippen LogP) is -1.82. The molecule has 0 aromatic carbocycles. The Kier molecular flexibility index (Phi) is 13.1. The smallest absolute Gasteiger partial charge is 0.326 e. The van der Waals surface area contributed by atoms with Crippen molar-refractivity contribution in [2.75, 3.05) is 6.54 Å². The van der Waals surface area contributed by atoms with Crippen LogP contribution in [0.4, 0.5) is 0 Å². The number of carbonyl (C=O) groups excluding carboxylic acids is 4. The lowest BCUT2D eigenvalue weighted by Gasteiger charge is -2.24. The second kappa shape index (κ2) is 14.4. The van der Waals surface area contributed by atoms with Gasteiger partial charge in [0.15, 0.2) is 0 Å². The molecule has 184 valence electrons. The molecule has 0 spiro atoms. The Morgan fingerprint density at radius 3 is 1.69 bits per heavy atom. The van der Waals surface area contributed by atoms with Crippen molar-refractivity contribution in [2.45, 2.75) is 84.1 Å². The maximum absolute atomic E-state index is 12.6. The number of amides is 4. The molecule has 32 heavy (non-hydrogen) atoms. The van der Waals surface area contributed by atoms with Crippen molar-refractivity contribution >= 4 is 29.6 Å². The topological polar surface area (TPSA) is 206 Å². The zero-order chi connectivity index (χ0) is 25.0. The summed E-state index contributed by atoms with van der Waals surface area (Å²) < 4.78 is 0. The average Bonchev–Trinajstić information content (AvgIpc) is 2.69. The van der Waals surface area contributed by atoms with Gasteiger partial charge in [0, 0.05) is 0 Å². The van der Waals surface area contributed by atoms with Crippen LogP contribution in [0, 0.1) is 5.92 Å². The van der Waals surface area contributed by atoms with E-state index in [0.29, 0.717) is 25.8 Å². The van der Waals surface area contributed by atoms with Crippen LogP contribution in [0.2, 0.25) is 0 Å². The van der Waals surface area contributed by atoms with Gasteiger partial charge in [-0.15, -0.1) is 0 Å². The Balaban J connectivity index is 4.95. The standard InChI is InChI=1S/C20H38N6O6/c1-10(2)15(20(31)32)26-18(29)13(5)23-17(28)12(4)24-19(30)14(8-6-7-9-21)25-16(27)11(3)22/h10-15H,6-9,21-22H2,1-5H3,(H,23,28)(H,24,30)(H,25,27)(H,26,29)(H,31,32). The van der Waals surface area contributed by atoms with E-state index in [1.807, 2.05) is 0 Å². The molecule has 0 fully saturated rings. The van der Waals surface area contributed by atoms with Gasteiger partial charge in [-0.25, -0.2) is 4.79 Å². The third-order valence-corrected chi connectivity index (χ3v) is 4.73. The van der Waals surface area contributed by atoms with Crippen LogP contribution in [0.5, 0.6) is 0 Å². The van der Waals surface area contributed by atoms with Crippen LogP contribution in [0.25, 0.3) is 0 Å². The SMILES string of the molecule is CC(N)C(=O)NC(CCCCN)C(=O)NC(C)C(=O)NC(C)C(=O)NC(C(=O)O)C(C)C. The number of nitrogens with two attached hydrogens (primary N) is 2. The van der Waals surface area contributed by atoms with E-state index < -0.39 is 59.8 Å². The fourth-order valence-electron chi connectivity index (χ4n) is 2.64. The number of hydrogen-bond donors (Lipinski definition) is 7. The molecular weight excluding hydrogens is 420 g/mol. The summed E-state index contributed by atoms with van der Waals surface area (Å²) in [6.07, 6.45) is 1.57. The highest BCUT2D eigenvalue weighted by molar-refractivity contribution is 5.95. The minimum Gasteiger partial charge on any atom is -0.480 e. The molecule has 0 saturated carbocycles. The van der Waals surface area contributed by atoms with Gasteiger partial charge in [0.25, 0.3) is 0 Å². The fourth-order valence-corrected chi connectivity index (χ4v) is 2.64. The lowest BCUT2D eigenvalue weighted by atomic mass is 10.0. The van der Waals surface area contributed by atoms with Gasteiger partial charge < -0.3 is 37.8 Å². The molecular formula is C20H38N6O6. The molecule has 0 radical (unpaired) electrons. The van der Waals surface area contributed by atoms with E-state index in [1.54, 1.807) is 13.8 Å². The molecule has 9 N–H and O–H groups in total. The Bertz CT molecular complexity index is 669. The van der Waals surface area contributed by atoms with Gasteiger partial charge in [-0.2, -0.15) is 0 Å². The highest BCUT2D eigenvalue weighted by atomic mass is 16.4. The normalized spacial score (nSPS) is 15.6. The van der Waals surface area contributed by atoms with Gasteiger partial charge in [0.05, 0.1) is 6.04 Å². The Hall–Kier alpha value is -2.73. The summed E-state index contributed by atoms with van der Waals surface area (Å²) in [5, 5.41) is 19.0. The van der Waals surface area contributed by atoms with Crippen molar-refractivity contribution in [1.82, 2.24) is 21.3 Å². The summed E-state index contributed by atoms with van der Waals surface area (Å²) in [7, 11) is 0. The molecule has 0 saturated heterocycles. The van der Waals surface area contributed by atoms with Crippen LogP contribution in [0.1, 0.15) is 53.9 Å². The minimum absolute atomic E-state index is 0.320. The van der Waals surface area contributed by atoms with Crippen LogP contribution in [-0.4, -0.2) is 71.5 Å². The minimum atomic E-state index is -1.18. The molecule has 12 nitrogen and oxygen atoms in total. The average molecular weight is 459 g/mol. The fraction of sp³-hybridized carbons (Fsp3) is 0.750. The summed E-state index contributed by atoms with van der Waals surface area (Å²) in [6.45, 7) is 8.05. The Morgan fingerprint density at radius 2 is 1.25 bits per heavy atom. The summed E-state index contributed by atoms with van der Waals surface area (Å²) in [6, 6.07) is -4.83. The summed E-state index contributed by atoms with van der Waals surface area (Å²) >= 11 is 0. The third kappa shape index (κ3) is 10.5. The Labute approximate surface area is 188 Å². The van der Waals surface area contributed by atoms with Crippen molar-refractivity contribution in [3.05, 3.63) is 0 Å². The summed E-state index contributed by atoms with van der Waals surface area (Å²) in [4.78, 5) is 60.4. The highest BCUT2D eigenvalue weighted by Gasteiger charge is 2.29. The summed E-state index contributed by atoms with van der Waals surface area (Å²) in [5.74, 6) is -3.90. The molecule has 0 bridgehead atoms. The number of carbonyl (C=O) groups is 5. The van der Waals surface area contributed by atoms with Crippen molar-refractivity contribution in [3.8, 4) is 0 Å². The quantitative estimate of drug-likeness (QED) is 0.147. The van der Waals surface area contributed by atoms with E-state index >= 15 is 0 Å². The molecule has 12 heteroatoms. The van der Waals surface area contributed by atoms with Crippen LogP contribution in [0.15, 0.2) is 0 Å². The van der Waals surface area contributed by atoms with Crippen LogP contribution in [-0.2, 0) is 24.0 Å². The molecule has 0 heterocycles. The van der Waals surface area contributed by atoms with Crippen LogP contribution in [0.3, 0.4) is 0 Å². The first-order valence-corrected chi connectivity index (χ1v) is 10.7. The van der Waals surface area contributed by atoms with Gasteiger partial charge in [0.1, 0.15) is 24.2 Å². The number of rotatable bonds is 14. The van der Waals surface area contributed by atoms with Crippen molar-refractivity contribution < 1.29 is 29.1 Å². The molecule has 5 unspecified atom stereocenters. The largest absolute Gasteiger partial charge is 0.480 e. The molecule has 0 aliphatic carbocycles. The van der Waals surface area contributed by atoms with Gasteiger partial charge in [-0.05, 0) is 52.5 Å². The van der Waals surface area contributed by atoms with Gasteiger partial charge in [-0.3, -0.25) is 19.2 Å². The van der Waals surface area contributed by atoms with Crippen molar-refractivity contribution in [2.24, 2.45) is 17.4 Å². The van der Waals surface area contributed by atoms with Crippen molar-refractivity contribution in [3.63, 3.8) is 0 Å². The molecule has 0 aliphatic rings. The Morgan fingerprint density at radius 1 is 0.750 bits per heavy atom. The maximum Gasteiger partial charge on any atom is 0.326 e. The van der Waals surface area contributed by atoms with Crippen molar-refractivity contribution in [1.29, 1.82) is 0 Å². The number of aliphatic carboxylic acids is 1. The number of nitrogens with one attached hydrogen (secondary N) is 4. The lowest BCUT2D eigenvalue weighted by molar-refractivity contribution is -0.143. The second-order valence-corrected chi connectivity index (χ2v) is 8.16. The van der Waals surface area contributed by atoms with E-state index in [0.717, 1.165) is 0 Å². The van der Waals surface area contributed by atoms with E-state index in [2.05, 4.69) is 21.3 Å². The molecule has 4 amide bonds. The van der Waals surface area contributed by atoms with E-state index in [4.69, 9.17) is 11.5 Å². The zero-order valence-corrected chi connectivity index (χ0v) is 19.4. The summed E-state index contributed by atoms with van der Waals surface area (Å²) in [5.41, 5.74) is 11.0. The number of unbranched alkanes of at least 4 members (excludes halogenated alkanes) is 1. The first-order valence-electron chi connectivity index (χ1n) is 10.7. The van der Waals surface area contributed by atoms with Gasteiger partial charge in [0.2, 0.25) is 23.6 Å². The number of carboxylic acids is 1. The molecule has 5 atom stereocenters. The second-order valence-electron chi connectivity index (χ2n) is 8.16. The van der Waals surface area contributed by atoms with Crippen LogP contribution < -0.4 is 32.7 Å². The van der Waals surface area contributed by atoms with E-state index in [-0.39, 0.29) is 5.92 Å². The number of carboxylic acid groups (broad SMARTS) is 1. The lowest BCUT2D eigenvalue weighted by Crippen LogP contribution is -2.57. The first kappa shape index (κ1) is 29.3. The van der Waals surface area contributed by atoms with Gasteiger partial charge in [-0.1, -0.05) is 13.8 Å². The maximum atomic E-state index is 12.6. The number of hydrogen-bond acceptors (Lipinski definition) is 7. The molecule has 0 rings (SSSR count). The first-order chi connectivity index (χ1) is 14.8. The van der Waals surface area contributed by atoms with Gasteiger partial charge >= 0.3 is 5.97 Å². The molecule has 0 aliphatic heterocycles. The highest BCUT2D eigenvalue weighted by Crippen LogP contribution is 2.04. The molecule has 0 aromatic heterocycles. The predicted molar refractivity (Wildman–Crippen MR) is 118 cm³/mol. The van der Waals surface area contributed by atoms with E-state index in [9.17, 15) is 29.1 Å². The van der Waals surface area contributed by atoms with Crippen LogP contribution >= 0.6 is 0 Å². The third-order valence-electron chi connectivity index (χ3n) is 4.73. The zero-order valence-electron chi connectivity index (χ0n) is 19.4.